The number of carbonyl (C=O) groups is 2. The van der Waals surface area contributed by atoms with Crippen LogP contribution in [0.15, 0.2) is 48.5 Å². The molecule has 0 radical (unpaired) electrons. The highest BCUT2D eigenvalue weighted by Gasteiger charge is 2.29. The van der Waals surface area contributed by atoms with Gasteiger partial charge in [-0.2, -0.15) is 12.7 Å². The number of amides is 2. The summed E-state index contributed by atoms with van der Waals surface area (Å²) in [5.74, 6) is -1.87. The fraction of sp³-hybridized carbons (Fsp3) is 0.333. The molecule has 0 unspecified atom stereocenters. The van der Waals surface area contributed by atoms with E-state index in [0.29, 0.717) is 4.31 Å². The molecule has 0 saturated carbocycles. The third-order valence-electron chi connectivity index (χ3n) is 4.58. The van der Waals surface area contributed by atoms with Crippen LogP contribution in [0.2, 0.25) is 0 Å². The molecule has 2 rings (SSSR count). The molecule has 1 atom stereocenters. The van der Waals surface area contributed by atoms with Gasteiger partial charge in [0.1, 0.15) is 12.4 Å². The molecule has 0 aromatic heterocycles. The number of hydrogen-bond donors (Lipinski definition) is 2. The first kappa shape index (κ1) is 24.3. The van der Waals surface area contributed by atoms with Gasteiger partial charge in [-0.1, -0.05) is 31.2 Å². The van der Waals surface area contributed by atoms with Crippen molar-refractivity contribution in [1.29, 1.82) is 0 Å². The Hall–Kier alpha value is -2.98. The number of carbonyl (C=O) groups excluding carboxylic acids is 2. The van der Waals surface area contributed by atoms with Crippen LogP contribution in [0.25, 0.3) is 0 Å². The van der Waals surface area contributed by atoms with Crippen LogP contribution in [0.5, 0.6) is 0 Å². The van der Waals surface area contributed by atoms with Gasteiger partial charge >= 0.3 is 10.2 Å². The van der Waals surface area contributed by atoms with Crippen molar-refractivity contribution < 1.29 is 22.4 Å². The number of benzene rings is 2. The second-order valence-electron chi connectivity index (χ2n) is 7.12. The molecular weight excluding hydrogens is 423 g/mol. The molecule has 168 valence electrons. The highest BCUT2D eigenvalue weighted by atomic mass is 32.2. The maximum Gasteiger partial charge on any atom is 0.304 e. The van der Waals surface area contributed by atoms with Crippen molar-refractivity contribution in [2.24, 2.45) is 0 Å². The third-order valence-corrected chi connectivity index (χ3v) is 6.39. The number of para-hydroxylation sites is 2. The zero-order valence-corrected chi connectivity index (χ0v) is 18.7. The van der Waals surface area contributed by atoms with E-state index >= 15 is 0 Å². The smallest absolute Gasteiger partial charge is 0.304 e. The molecule has 8 nitrogen and oxygen atoms in total. The van der Waals surface area contributed by atoms with Gasteiger partial charge in [-0.15, -0.1) is 0 Å². The molecule has 0 heterocycles. The zero-order valence-electron chi connectivity index (χ0n) is 17.9. The van der Waals surface area contributed by atoms with E-state index in [-0.39, 0.29) is 28.9 Å². The van der Waals surface area contributed by atoms with Crippen LogP contribution in [0.3, 0.4) is 0 Å². The molecule has 2 aromatic rings. The van der Waals surface area contributed by atoms with Crippen molar-refractivity contribution in [2.45, 2.75) is 26.3 Å². The predicted molar refractivity (Wildman–Crippen MR) is 119 cm³/mol. The molecule has 0 aliphatic heterocycles. The first-order chi connectivity index (χ1) is 14.6. The molecule has 0 spiro atoms. The quantitative estimate of drug-likeness (QED) is 0.614. The molecular formula is C21H27FN4O4S. The van der Waals surface area contributed by atoms with E-state index in [4.69, 9.17) is 0 Å². The van der Waals surface area contributed by atoms with Crippen LogP contribution in [-0.2, 0) is 15.0 Å². The lowest BCUT2D eigenvalue weighted by Crippen LogP contribution is -2.44. The van der Waals surface area contributed by atoms with Crippen molar-refractivity contribution in [3.05, 3.63) is 59.9 Å². The van der Waals surface area contributed by atoms with Gasteiger partial charge in [0.05, 0.1) is 16.9 Å². The van der Waals surface area contributed by atoms with Crippen molar-refractivity contribution in [3.63, 3.8) is 0 Å². The fourth-order valence-electron chi connectivity index (χ4n) is 2.66. The van der Waals surface area contributed by atoms with Crippen LogP contribution >= 0.6 is 0 Å². The molecule has 31 heavy (non-hydrogen) atoms. The number of nitrogens with one attached hydrogen (secondary N) is 2. The fourth-order valence-corrected chi connectivity index (χ4v) is 3.73. The minimum absolute atomic E-state index is 0.0574. The lowest BCUT2D eigenvalue weighted by molar-refractivity contribution is -0.114. The van der Waals surface area contributed by atoms with Gasteiger partial charge in [-0.25, -0.2) is 8.70 Å². The van der Waals surface area contributed by atoms with Gasteiger partial charge in [-0.05, 0) is 37.6 Å². The predicted octanol–water partition coefficient (Wildman–Crippen LogP) is 2.61. The van der Waals surface area contributed by atoms with Crippen LogP contribution in [0, 0.1) is 5.82 Å². The first-order valence-electron chi connectivity index (χ1n) is 9.72. The van der Waals surface area contributed by atoms with Crippen LogP contribution < -0.4 is 14.9 Å². The van der Waals surface area contributed by atoms with Crippen molar-refractivity contribution in [2.75, 3.05) is 30.3 Å². The second kappa shape index (κ2) is 10.4. The van der Waals surface area contributed by atoms with Crippen LogP contribution in [0.4, 0.5) is 15.8 Å². The molecule has 2 aromatic carbocycles. The van der Waals surface area contributed by atoms with Crippen LogP contribution in [0.1, 0.15) is 30.6 Å². The summed E-state index contributed by atoms with van der Waals surface area (Å²) in [7, 11) is -1.59. The Morgan fingerprint density at radius 1 is 1.06 bits per heavy atom. The SMILES string of the molecule is CC[C@H](C)NC(=O)c1ccccc1NC(=O)CN(c1ccccc1F)S(=O)(=O)N(C)C. The summed E-state index contributed by atoms with van der Waals surface area (Å²) in [4.78, 5) is 25.3. The summed E-state index contributed by atoms with van der Waals surface area (Å²) in [5, 5.41) is 5.39. The number of hydrogen-bond acceptors (Lipinski definition) is 4. The van der Waals surface area contributed by atoms with Gasteiger partial charge in [0.25, 0.3) is 5.91 Å². The van der Waals surface area contributed by atoms with Crippen LogP contribution in [-0.4, -0.2) is 51.2 Å². The molecule has 0 bridgehead atoms. The number of anilines is 2. The number of rotatable bonds is 9. The van der Waals surface area contributed by atoms with E-state index in [1.807, 2.05) is 13.8 Å². The van der Waals surface area contributed by atoms with Gasteiger partial charge in [0.15, 0.2) is 0 Å². The highest BCUT2D eigenvalue weighted by Crippen LogP contribution is 2.23. The Balaban J connectivity index is 2.31. The van der Waals surface area contributed by atoms with Crippen molar-refractivity contribution in [3.8, 4) is 0 Å². The Kier molecular flexibility index (Phi) is 8.12. The topological polar surface area (TPSA) is 98.8 Å². The highest BCUT2D eigenvalue weighted by molar-refractivity contribution is 7.90. The standard InChI is InChI=1S/C21H27FN4O4S/c1-5-15(2)23-21(28)16-10-6-8-12-18(16)24-20(27)14-26(31(29,30)25(3)4)19-13-9-7-11-17(19)22/h6-13,15H,5,14H2,1-4H3,(H,23,28)(H,24,27)/t15-/m0/s1. The van der Waals surface area contributed by atoms with Gasteiger partial charge in [0, 0.05) is 20.1 Å². The minimum Gasteiger partial charge on any atom is -0.350 e. The minimum atomic E-state index is -4.16. The molecule has 0 saturated heterocycles. The van der Waals surface area contributed by atoms with Crippen molar-refractivity contribution >= 4 is 33.4 Å². The molecule has 0 aliphatic rings. The van der Waals surface area contributed by atoms with E-state index in [0.717, 1.165) is 16.8 Å². The van der Waals surface area contributed by atoms with E-state index in [1.165, 1.54) is 38.4 Å². The molecule has 0 aliphatic carbocycles. The van der Waals surface area contributed by atoms with Gasteiger partial charge < -0.3 is 10.6 Å². The third kappa shape index (κ3) is 6.02. The van der Waals surface area contributed by atoms with E-state index < -0.39 is 28.5 Å². The Morgan fingerprint density at radius 2 is 1.68 bits per heavy atom. The number of nitrogens with zero attached hydrogens (tertiary/aromatic N) is 2. The largest absolute Gasteiger partial charge is 0.350 e. The van der Waals surface area contributed by atoms with E-state index in [9.17, 15) is 22.4 Å². The lowest BCUT2D eigenvalue weighted by atomic mass is 10.1. The second-order valence-corrected chi connectivity index (χ2v) is 9.19. The molecule has 2 N–H and O–H groups in total. The van der Waals surface area contributed by atoms with Gasteiger partial charge in [-0.3, -0.25) is 9.59 Å². The van der Waals surface area contributed by atoms with E-state index in [1.54, 1.807) is 18.2 Å². The summed E-state index contributed by atoms with van der Waals surface area (Å²) in [6, 6.07) is 11.6. The maximum atomic E-state index is 14.3. The van der Waals surface area contributed by atoms with Gasteiger partial charge in [0.2, 0.25) is 5.91 Å². The summed E-state index contributed by atoms with van der Waals surface area (Å²) >= 11 is 0. The summed E-state index contributed by atoms with van der Waals surface area (Å²) < 4.78 is 41.4. The summed E-state index contributed by atoms with van der Waals surface area (Å²) in [6.07, 6.45) is 0.736. The summed E-state index contributed by atoms with van der Waals surface area (Å²) in [6.45, 7) is 3.11. The Bertz CT molecular complexity index is 1040. The van der Waals surface area contributed by atoms with E-state index in [2.05, 4.69) is 10.6 Å². The Labute approximate surface area is 182 Å². The van der Waals surface area contributed by atoms with Crippen molar-refractivity contribution in [1.82, 2.24) is 9.62 Å². The average Bonchev–Trinajstić information content (AvgIpc) is 2.72. The molecule has 0 fully saturated rings. The zero-order chi connectivity index (χ0) is 23.2. The lowest BCUT2D eigenvalue weighted by Gasteiger charge is -2.27. The molecule has 10 heteroatoms. The average molecular weight is 451 g/mol. The monoisotopic (exact) mass is 450 g/mol. The summed E-state index contributed by atoms with van der Waals surface area (Å²) in [5.41, 5.74) is 0.210. The first-order valence-corrected chi connectivity index (χ1v) is 11.1. The number of halogens is 1. The normalized spacial score (nSPS) is 12.3. The molecule has 2 amide bonds. The maximum absolute atomic E-state index is 14.3. The Morgan fingerprint density at radius 3 is 2.29 bits per heavy atom.